The number of aliphatic carboxylic acids is 1. The van der Waals surface area contributed by atoms with Gasteiger partial charge in [-0.1, -0.05) is 41.9 Å². The summed E-state index contributed by atoms with van der Waals surface area (Å²) in [5, 5.41) is 9.71. The maximum atomic E-state index is 11.5. The number of sulfone groups is 1. The van der Waals surface area contributed by atoms with Crippen LogP contribution in [-0.4, -0.2) is 25.7 Å². The number of carbonyl (C=O) groups is 1. The molecule has 0 aliphatic rings. The predicted molar refractivity (Wildman–Crippen MR) is 93.8 cm³/mol. The van der Waals surface area contributed by atoms with Crippen molar-refractivity contribution in [3.8, 4) is 0 Å². The largest absolute Gasteiger partial charge is 0.478 e. The molecule has 2 aromatic carbocycles. The van der Waals surface area contributed by atoms with Crippen LogP contribution >= 0.6 is 24.0 Å². The third-order valence-electron chi connectivity index (χ3n) is 3.01. The highest BCUT2D eigenvalue weighted by molar-refractivity contribution is 7.90. The Hall–Kier alpha value is -1.82. The van der Waals surface area contributed by atoms with Crippen molar-refractivity contribution in [2.75, 3.05) is 6.26 Å². The van der Waals surface area contributed by atoms with Crippen LogP contribution in [0, 0.1) is 0 Å². The van der Waals surface area contributed by atoms with Crippen LogP contribution < -0.4 is 0 Å². The molecule has 2 aromatic rings. The van der Waals surface area contributed by atoms with Crippen LogP contribution in [0.4, 0.5) is 0 Å². The summed E-state index contributed by atoms with van der Waals surface area (Å²) in [5.74, 6) is -1.11. The quantitative estimate of drug-likeness (QED) is 0.654. The number of benzene rings is 2. The summed E-state index contributed by atoms with van der Waals surface area (Å²) in [6.45, 7) is 0. The fourth-order valence-electron chi connectivity index (χ4n) is 1.91. The second kappa shape index (κ2) is 7.64. The second-order valence-corrected chi connectivity index (χ2v) is 7.11. The monoisotopic (exact) mass is 372 g/mol. The predicted octanol–water partition coefficient (Wildman–Crippen LogP) is 3.79. The van der Waals surface area contributed by atoms with Crippen molar-refractivity contribution in [2.24, 2.45) is 0 Å². The van der Waals surface area contributed by atoms with E-state index in [9.17, 15) is 18.3 Å². The molecule has 0 aliphatic carbocycles. The number of hydrogen-bond acceptors (Lipinski definition) is 3. The Morgan fingerprint density at radius 2 is 1.65 bits per heavy atom. The van der Waals surface area contributed by atoms with Gasteiger partial charge < -0.3 is 5.11 Å². The first kappa shape index (κ1) is 19.2. The van der Waals surface area contributed by atoms with Crippen LogP contribution in [0.5, 0.6) is 0 Å². The molecular formula is C16H14Cl2O4S. The first-order valence-corrected chi connectivity index (χ1v) is 8.56. The van der Waals surface area contributed by atoms with E-state index >= 15 is 0 Å². The molecular weight excluding hydrogens is 359 g/mol. The lowest BCUT2D eigenvalue weighted by Crippen LogP contribution is -2.00. The molecule has 0 bridgehead atoms. The van der Waals surface area contributed by atoms with Crippen LogP contribution in [0.1, 0.15) is 11.1 Å². The topological polar surface area (TPSA) is 71.4 Å². The van der Waals surface area contributed by atoms with Crippen molar-refractivity contribution < 1.29 is 18.3 Å². The lowest BCUT2D eigenvalue weighted by molar-refractivity contribution is -0.130. The van der Waals surface area contributed by atoms with Crippen LogP contribution in [-0.2, 0) is 14.6 Å². The Bertz CT molecular complexity index is 841. The van der Waals surface area contributed by atoms with Gasteiger partial charge in [0.25, 0.3) is 0 Å². The van der Waals surface area contributed by atoms with Gasteiger partial charge in [-0.25, -0.2) is 13.2 Å². The first-order valence-electron chi connectivity index (χ1n) is 6.29. The van der Waals surface area contributed by atoms with Crippen LogP contribution in [0.15, 0.2) is 53.4 Å². The van der Waals surface area contributed by atoms with Gasteiger partial charge in [0.1, 0.15) is 0 Å². The van der Waals surface area contributed by atoms with E-state index in [1.165, 1.54) is 18.2 Å². The molecule has 0 spiro atoms. The molecule has 0 radical (unpaired) electrons. The van der Waals surface area contributed by atoms with Crippen molar-refractivity contribution >= 4 is 51.5 Å². The van der Waals surface area contributed by atoms with Gasteiger partial charge in [-0.05, 0) is 29.8 Å². The Kier molecular flexibility index (Phi) is 6.38. The van der Waals surface area contributed by atoms with Gasteiger partial charge in [0.05, 0.1) is 10.5 Å². The zero-order chi connectivity index (χ0) is 16.3. The lowest BCUT2D eigenvalue weighted by Gasteiger charge is -2.06. The summed E-state index contributed by atoms with van der Waals surface area (Å²) in [6, 6.07) is 12.6. The molecule has 0 saturated heterocycles. The highest BCUT2D eigenvalue weighted by atomic mass is 35.5. The van der Waals surface area contributed by atoms with Crippen molar-refractivity contribution in [3.63, 3.8) is 0 Å². The van der Waals surface area contributed by atoms with Gasteiger partial charge in [-0.15, -0.1) is 12.4 Å². The number of carboxylic acids is 1. The summed E-state index contributed by atoms with van der Waals surface area (Å²) in [4.78, 5) is 11.6. The Morgan fingerprint density at radius 3 is 2.13 bits per heavy atom. The summed E-state index contributed by atoms with van der Waals surface area (Å²) in [5.41, 5.74) is 1.02. The van der Waals surface area contributed by atoms with Gasteiger partial charge in [0, 0.05) is 16.8 Å². The molecule has 0 saturated carbocycles. The molecule has 2 rings (SSSR count). The maximum absolute atomic E-state index is 11.5. The zero-order valence-corrected chi connectivity index (χ0v) is 14.5. The third kappa shape index (κ3) is 4.82. The van der Waals surface area contributed by atoms with E-state index in [4.69, 9.17) is 11.6 Å². The normalized spacial score (nSPS) is 11.7. The van der Waals surface area contributed by atoms with Gasteiger partial charge in [-0.2, -0.15) is 0 Å². The molecule has 122 valence electrons. The van der Waals surface area contributed by atoms with E-state index in [-0.39, 0.29) is 22.9 Å². The second-order valence-electron chi connectivity index (χ2n) is 4.68. The zero-order valence-electron chi connectivity index (χ0n) is 12.1. The van der Waals surface area contributed by atoms with Gasteiger partial charge >= 0.3 is 5.97 Å². The van der Waals surface area contributed by atoms with Crippen LogP contribution in [0.2, 0.25) is 5.02 Å². The third-order valence-corrected chi connectivity index (χ3v) is 4.47. The molecule has 4 nitrogen and oxygen atoms in total. The fraction of sp³-hybridized carbons (Fsp3) is 0.0625. The number of rotatable bonds is 4. The van der Waals surface area contributed by atoms with Crippen LogP contribution in [0.25, 0.3) is 11.6 Å². The van der Waals surface area contributed by atoms with E-state index in [2.05, 4.69) is 0 Å². The molecule has 0 amide bonds. The number of hydrogen-bond donors (Lipinski definition) is 1. The number of carboxylic acid groups (broad SMARTS) is 1. The Morgan fingerprint density at radius 1 is 1.09 bits per heavy atom. The van der Waals surface area contributed by atoms with Crippen molar-refractivity contribution in [2.45, 2.75) is 4.90 Å². The van der Waals surface area contributed by atoms with Crippen molar-refractivity contribution in [3.05, 3.63) is 64.7 Å². The molecule has 0 fully saturated rings. The maximum Gasteiger partial charge on any atom is 0.336 e. The molecule has 1 N–H and O–H groups in total. The highest BCUT2D eigenvalue weighted by Gasteiger charge is 2.14. The van der Waals surface area contributed by atoms with Gasteiger partial charge in [0.2, 0.25) is 0 Å². The van der Waals surface area contributed by atoms with E-state index in [0.29, 0.717) is 16.1 Å². The minimum atomic E-state index is -3.28. The van der Waals surface area contributed by atoms with Crippen LogP contribution in [0.3, 0.4) is 0 Å². The van der Waals surface area contributed by atoms with Gasteiger partial charge in [0.15, 0.2) is 9.84 Å². The minimum Gasteiger partial charge on any atom is -0.478 e. The highest BCUT2D eigenvalue weighted by Crippen LogP contribution is 2.26. The first-order chi connectivity index (χ1) is 10.3. The lowest BCUT2D eigenvalue weighted by atomic mass is 10.0. The minimum absolute atomic E-state index is 0. The van der Waals surface area contributed by atoms with E-state index in [0.717, 1.165) is 6.26 Å². The average Bonchev–Trinajstić information content (AvgIpc) is 2.45. The molecule has 0 atom stereocenters. The average molecular weight is 373 g/mol. The number of halogens is 2. The molecule has 0 aliphatic heterocycles. The van der Waals surface area contributed by atoms with Gasteiger partial charge in [-0.3, -0.25) is 0 Å². The molecule has 0 unspecified atom stereocenters. The molecule has 23 heavy (non-hydrogen) atoms. The SMILES string of the molecule is CS(=O)(=O)c1ccc(/C=C(/C(=O)O)c2ccccc2Cl)cc1.Cl. The molecule has 0 heterocycles. The molecule has 7 heteroatoms. The van der Waals surface area contributed by atoms with E-state index in [1.807, 2.05) is 0 Å². The summed E-state index contributed by atoms with van der Waals surface area (Å²) >= 11 is 6.03. The van der Waals surface area contributed by atoms with E-state index in [1.54, 1.807) is 36.4 Å². The van der Waals surface area contributed by atoms with Crippen molar-refractivity contribution in [1.29, 1.82) is 0 Å². The fourth-order valence-corrected chi connectivity index (χ4v) is 2.78. The summed E-state index contributed by atoms with van der Waals surface area (Å²) in [6.07, 6.45) is 2.57. The Balaban J connectivity index is 0.00000264. The summed E-state index contributed by atoms with van der Waals surface area (Å²) < 4.78 is 22.8. The van der Waals surface area contributed by atoms with E-state index < -0.39 is 15.8 Å². The molecule has 0 aromatic heterocycles. The standard InChI is InChI=1S/C16H13ClO4S.ClH/c1-22(20,21)12-8-6-11(7-9-12)10-14(16(18)19)13-4-2-3-5-15(13)17;/h2-10H,1H3,(H,18,19);1H/b14-10+;. The Labute approximate surface area is 145 Å². The van der Waals surface area contributed by atoms with Crippen molar-refractivity contribution in [1.82, 2.24) is 0 Å². The smallest absolute Gasteiger partial charge is 0.336 e. The summed E-state index contributed by atoms with van der Waals surface area (Å²) in [7, 11) is -3.28.